The van der Waals surface area contributed by atoms with Gasteiger partial charge in [0, 0.05) is 27.3 Å². The van der Waals surface area contributed by atoms with E-state index >= 15 is 0 Å². The van der Waals surface area contributed by atoms with Crippen molar-refractivity contribution in [2.75, 3.05) is 0 Å². The van der Waals surface area contributed by atoms with Gasteiger partial charge < -0.3 is 4.57 Å². The van der Waals surface area contributed by atoms with Crippen LogP contribution < -0.4 is 0 Å². The molecule has 2 aliphatic carbocycles. The second-order valence-corrected chi connectivity index (χ2v) is 11.8. The Balaban J connectivity index is 1.48. The standard InChI is InChI=1S/C36H29N/c1-35(2)29-16-10-8-14-23(29)25-18-19-26-27-21-32-28(20-30(27)36(3,4)34(26)33(25)35)24-15-9-11-17-31(24)37(32)22-12-6-5-7-13-22/h5-21H,1-4H3. The van der Waals surface area contributed by atoms with Crippen LogP contribution >= 0.6 is 0 Å². The molecular weight excluding hydrogens is 446 g/mol. The summed E-state index contributed by atoms with van der Waals surface area (Å²) < 4.78 is 2.43. The maximum Gasteiger partial charge on any atom is 0.0547 e. The molecule has 0 fully saturated rings. The Morgan fingerprint density at radius 1 is 0.459 bits per heavy atom. The summed E-state index contributed by atoms with van der Waals surface area (Å²) in [6, 6.07) is 38.3. The van der Waals surface area contributed by atoms with Crippen LogP contribution in [0.5, 0.6) is 0 Å². The monoisotopic (exact) mass is 475 g/mol. The van der Waals surface area contributed by atoms with Crippen LogP contribution in [0.15, 0.2) is 103 Å². The number of fused-ring (bicyclic) bond motifs is 10. The third-order valence-corrected chi connectivity index (χ3v) is 9.14. The van der Waals surface area contributed by atoms with Gasteiger partial charge in [-0.2, -0.15) is 0 Å². The van der Waals surface area contributed by atoms with Gasteiger partial charge in [0.1, 0.15) is 0 Å². The highest BCUT2D eigenvalue weighted by molar-refractivity contribution is 6.11. The molecule has 5 aromatic carbocycles. The van der Waals surface area contributed by atoms with Crippen LogP contribution in [0.1, 0.15) is 49.9 Å². The van der Waals surface area contributed by atoms with Crippen molar-refractivity contribution in [2.45, 2.75) is 38.5 Å². The normalized spacial score (nSPS) is 16.0. The van der Waals surface area contributed by atoms with E-state index in [-0.39, 0.29) is 10.8 Å². The fourth-order valence-electron chi connectivity index (χ4n) is 7.49. The van der Waals surface area contributed by atoms with Gasteiger partial charge in [-0.1, -0.05) is 100 Å². The largest absolute Gasteiger partial charge is 0.309 e. The van der Waals surface area contributed by atoms with Crippen molar-refractivity contribution in [3.63, 3.8) is 0 Å². The molecule has 8 rings (SSSR count). The van der Waals surface area contributed by atoms with E-state index in [9.17, 15) is 0 Å². The topological polar surface area (TPSA) is 4.93 Å². The average Bonchev–Trinajstić information content (AvgIpc) is 3.45. The molecule has 2 aliphatic rings. The van der Waals surface area contributed by atoms with Crippen molar-refractivity contribution in [3.8, 4) is 27.9 Å². The first-order chi connectivity index (χ1) is 17.9. The molecule has 0 bridgehead atoms. The highest BCUT2D eigenvalue weighted by Crippen LogP contribution is 2.59. The first-order valence-electron chi connectivity index (χ1n) is 13.3. The summed E-state index contributed by atoms with van der Waals surface area (Å²) in [5.41, 5.74) is 15.1. The predicted octanol–water partition coefficient (Wildman–Crippen LogP) is 9.40. The van der Waals surface area contributed by atoms with E-state index in [4.69, 9.17) is 0 Å². The summed E-state index contributed by atoms with van der Waals surface area (Å²) in [4.78, 5) is 0. The lowest BCUT2D eigenvalue weighted by Crippen LogP contribution is -2.24. The molecule has 0 saturated carbocycles. The van der Waals surface area contributed by atoms with Crippen LogP contribution in [0.3, 0.4) is 0 Å². The minimum Gasteiger partial charge on any atom is -0.309 e. The molecule has 0 radical (unpaired) electrons. The fraction of sp³-hybridized carbons (Fsp3) is 0.167. The Morgan fingerprint density at radius 2 is 1.08 bits per heavy atom. The van der Waals surface area contributed by atoms with Gasteiger partial charge in [0.25, 0.3) is 0 Å². The maximum atomic E-state index is 2.49. The molecule has 0 atom stereocenters. The maximum absolute atomic E-state index is 2.49. The second kappa shape index (κ2) is 6.81. The second-order valence-electron chi connectivity index (χ2n) is 11.8. The first-order valence-corrected chi connectivity index (χ1v) is 13.3. The molecule has 1 heterocycles. The fourth-order valence-corrected chi connectivity index (χ4v) is 7.49. The van der Waals surface area contributed by atoms with E-state index in [1.54, 1.807) is 0 Å². The molecule has 1 aromatic heterocycles. The van der Waals surface area contributed by atoms with Crippen LogP contribution in [-0.4, -0.2) is 4.57 Å². The van der Waals surface area contributed by atoms with Crippen LogP contribution in [-0.2, 0) is 10.8 Å². The predicted molar refractivity (Wildman–Crippen MR) is 156 cm³/mol. The van der Waals surface area contributed by atoms with Crippen molar-refractivity contribution in [1.29, 1.82) is 0 Å². The van der Waals surface area contributed by atoms with E-state index < -0.39 is 0 Å². The number of hydrogen-bond donors (Lipinski definition) is 0. The number of rotatable bonds is 1. The number of benzene rings is 5. The quantitative estimate of drug-likeness (QED) is 0.223. The third kappa shape index (κ3) is 2.50. The molecular formula is C36H29N. The van der Waals surface area contributed by atoms with Gasteiger partial charge in [0.2, 0.25) is 0 Å². The SMILES string of the molecule is CC1(C)c2ccccc2-c2ccc3c(c21)C(C)(C)c1cc2c4ccccc4n(-c4ccccc4)c2cc1-3. The van der Waals surface area contributed by atoms with Gasteiger partial charge in [-0.25, -0.2) is 0 Å². The van der Waals surface area contributed by atoms with Crippen LogP contribution in [0.4, 0.5) is 0 Å². The van der Waals surface area contributed by atoms with Crippen LogP contribution in [0.25, 0.3) is 49.7 Å². The van der Waals surface area contributed by atoms with Crippen molar-refractivity contribution in [1.82, 2.24) is 4.57 Å². The summed E-state index contributed by atoms with van der Waals surface area (Å²) in [6.07, 6.45) is 0. The Bertz CT molecular complexity index is 1910. The van der Waals surface area contributed by atoms with Crippen molar-refractivity contribution in [3.05, 3.63) is 125 Å². The van der Waals surface area contributed by atoms with Gasteiger partial charge in [-0.15, -0.1) is 0 Å². The minimum absolute atomic E-state index is 0.0258. The molecule has 0 N–H and O–H groups in total. The van der Waals surface area contributed by atoms with Crippen molar-refractivity contribution >= 4 is 21.8 Å². The van der Waals surface area contributed by atoms with E-state index in [1.807, 2.05) is 0 Å². The van der Waals surface area contributed by atoms with E-state index in [0.717, 1.165) is 0 Å². The molecule has 1 heteroatoms. The van der Waals surface area contributed by atoms with Crippen LogP contribution in [0.2, 0.25) is 0 Å². The Labute approximate surface area is 218 Å². The molecule has 37 heavy (non-hydrogen) atoms. The highest BCUT2D eigenvalue weighted by atomic mass is 15.0. The zero-order chi connectivity index (χ0) is 25.1. The minimum atomic E-state index is -0.0839. The van der Waals surface area contributed by atoms with Crippen molar-refractivity contribution < 1.29 is 0 Å². The van der Waals surface area contributed by atoms with Gasteiger partial charge in [-0.3, -0.25) is 0 Å². The summed E-state index contributed by atoms with van der Waals surface area (Å²) >= 11 is 0. The molecule has 178 valence electrons. The Hall–Kier alpha value is -4.10. The molecule has 1 nitrogen and oxygen atoms in total. The van der Waals surface area contributed by atoms with E-state index in [2.05, 4.69) is 135 Å². The summed E-state index contributed by atoms with van der Waals surface area (Å²) in [6.45, 7) is 9.67. The number of aromatic nitrogens is 1. The number of hydrogen-bond acceptors (Lipinski definition) is 0. The summed E-state index contributed by atoms with van der Waals surface area (Å²) in [5, 5.41) is 2.65. The average molecular weight is 476 g/mol. The number of para-hydroxylation sites is 2. The zero-order valence-electron chi connectivity index (χ0n) is 21.8. The lowest BCUT2D eigenvalue weighted by atomic mass is 9.72. The molecule has 0 saturated heterocycles. The lowest BCUT2D eigenvalue weighted by Gasteiger charge is -2.30. The zero-order valence-corrected chi connectivity index (χ0v) is 21.8. The van der Waals surface area contributed by atoms with E-state index in [0.29, 0.717) is 0 Å². The van der Waals surface area contributed by atoms with Gasteiger partial charge in [-0.05, 0) is 74.8 Å². The van der Waals surface area contributed by atoms with Gasteiger partial charge in [0.05, 0.1) is 11.0 Å². The third-order valence-electron chi connectivity index (χ3n) is 9.14. The van der Waals surface area contributed by atoms with Gasteiger partial charge in [0.15, 0.2) is 0 Å². The molecule has 6 aromatic rings. The lowest BCUT2D eigenvalue weighted by molar-refractivity contribution is 0.601. The first kappa shape index (κ1) is 21.0. The summed E-state index contributed by atoms with van der Waals surface area (Å²) in [7, 11) is 0. The summed E-state index contributed by atoms with van der Waals surface area (Å²) in [5.74, 6) is 0. The molecule has 0 unspecified atom stereocenters. The Kier molecular flexibility index (Phi) is 3.87. The smallest absolute Gasteiger partial charge is 0.0547 e. The molecule has 0 amide bonds. The van der Waals surface area contributed by atoms with Crippen LogP contribution in [0, 0.1) is 0 Å². The molecule has 0 aliphatic heterocycles. The Morgan fingerprint density at radius 3 is 1.86 bits per heavy atom. The highest BCUT2D eigenvalue weighted by Gasteiger charge is 2.45. The number of nitrogens with zero attached hydrogens (tertiary/aromatic N) is 1. The van der Waals surface area contributed by atoms with Gasteiger partial charge >= 0.3 is 0 Å². The van der Waals surface area contributed by atoms with Crippen molar-refractivity contribution in [2.24, 2.45) is 0 Å². The molecule has 0 spiro atoms. The van der Waals surface area contributed by atoms with E-state index in [1.165, 1.54) is 72.0 Å².